The van der Waals surface area contributed by atoms with E-state index >= 15 is 0 Å². The first-order valence-corrected chi connectivity index (χ1v) is 7.36. The van der Waals surface area contributed by atoms with Crippen LogP contribution in [0.4, 0.5) is 5.95 Å². The van der Waals surface area contributed by atoms with E-state index < -0.39 is 0 Å². The van der Waals surface area contributed by atoms with E-state index in [9.17, 15) is 0 Å². The van der Waals surface area contributed by atoms with Crippen molar-refractivity contribution in [2.45, 2.75) is 0 Å². The Hall–Kier alpha value is -3.62. The van der Waals surface area contributed by atoms with Crippen LogP contribution in [-0.2, 0) is 0 Å². The summed E-state index contributed by atoms with van der Waals surface area (Å²) in [5.41, 5.74) is 6.73. The van der Waals surface area contributed by atoms with Gasteiger partial charge in [-0.2, -0.15) is 19.5 Å². The fraction of sp³-hybridized carbons (Fsp3) is 0.125. The molecule has 0 unspecified atom stereocenters. The van der Waals surface area contributed by atoms with E-state index in [0.717, 1.165) is 5.56 Å². The van der Waals surface area contributed by atoms with Crippen molar-refractivity contribution in [1.82, 2.24) is 24.6 Å². The molecule has 0 atom stereocenters. The number of hydrogen-bond acceptors (Lipinski definition) is 8. The minimum absolute atomic E-state index is 0.167. The van der Waals surface area contributed by atoms with Gasteiger partial charge in [0, 0.05) is 5.56 Å². The molecule has 0 aliphatic carbocycles. The summed E-state index contributed by atoms with van der Waals surface area (Å²) in [5, 5.41) is 4.27. The average molecular weight is 338 g/mol. The SMILES string of the molecule is COc1ccc(-c2nc(N)n3nc(-c4ccco4)nc3n2)cc1OC. The molecule has 0 aliphatic heterocycles. The summed E-state index contributed by atoms with van der Waals surface area (Å²) in [7, 11) is 3.14. The summed E-state index contributed by atoms with van der Waals surface area (Å²) in [6.45, 7) is 0. The molecule has 3 aromatic heterocycles. The molecule has 0 bridgehead atoms. The van der Waals surface area contributed by atoms with Crippen LogP contribution in [0.2, 0.25) is 0 Å². The Kier molecular flexibility index (Phi) is 3.46. The van der Waals surface area contributed by atoms with Gasteiger partial charge in [0.1, 0.15) is 0 Å². The Labute approximate surface area is 142 Å². The topological polar surface area (TPSA) is 114 Å². The molecular weight excluding hydrogens is 324 g/mol. The molecule has 1 aromatic carbocycles. The molecule has 0 spiro atoms. The highest BCUT2D eigenvalue weighted by Crippen LogP contribution is 2.31. The molecule has 0 saturated carbocycles. The van der Waals surface area contributed by atoms with Crippen molar-refractivity contribution in [2.75, 3.05) is 20.0 Å². The van der Waals surface area contributed by atoms with Gasteiger partial charge in [-0.1, -0.05) is 0 Å². The van der Waals surface area contributed by atoms with Crippen LogP contribution in [0.5, 0.6) is 11.5 Å². The largest absolute Gasteiger partial charge is 0.493 e. The smallest absolute Gasteiger partial charge is 0.258 e. The number of benzene rings is 1. The Morgan fingerprint density at radius 1 is 1.00 bits per heavy atom. The summed E-state index contributed by atoms with van der Waals surface area (Å²) < 4.78 is 17.2. The van der Waals surface area contributed by atoms with Gasteiger partial charge >= 0.3 is 0 Å². The molecule has 4 aromatic rings. The third-order valence-electron chi connectivity index (χ3n) is 3.62. The molecule has 0 fully saturated rings. The fourth-order valence-corrected chi connectivity index (χ4v) is 2.42. The molecule has 126 valence electrons. The van der Waals surface area contributed by atoms with Crippen LogP contribution in [-0.4, -0.2) is 38.8 Å². The molecule has 2 N–H and O–H groups in total. The molecular formula is C16H14N6O3. The second-order valence-corrected chi connectivity index (χ2v) is 5.10. The number of methoxy groups -OCH3 is 2. The Balaban J connectivity index is 1.83. The van der Waals surface area contributed by atoms with Gasteiger partial charge in [0.25, 0.3) is 5.78 Å². The van der Waals surface area contributed by atoms with Crippen molar-refractivity contribution in [3.05, 3.63) is 36.6 Å². The lowest BCUT2D eigenvalue weighted by molar-refractivity contribution is 0.355. The molecule has 4 rings (SSSR count). The van der Waals surface area contributed by atoms with Gasteiger partial charge in [-0.05, 0) is 30.3 Å². The van der Waals surface area contributed by atoms with Crippen LogP contribution in [0, 0.1) is 0 Å². The zero-order chi connectivity index (χ0) is 17.4. The Bertz CT molecular complexity index is 1040. The highest BCUT2D eigenvalue weighted by molar-refractivity contribution is 5.64. The van der Waals surface area contributed by atoms with E-state index in [2.05, 4.69) is 20.1 Å². The third-order valence-corrected chi connectivity index (χ3v) is 3.62. The predicted octanol–water partition coefficient (Wildman–Crippen LogP) is 2.05. The molecule has 25 heavy (non-hydrogen) atoms. The molecule has 0 amide bonds. The second kappa shape index (κ2) is 5.78. The van der Waals surface area contributed by atoms with Crippen molar-refractivity contribution in [1.29, 1.82) is 0 Å². The lowest BCUT2D eigenvalue weighted by Crippen LogP contribution is -2.05. The van der Waals surface area contributed by atoms with Gasteiger partial charge in [-0.25, -0.2) is 0 Å². The van der Waals surface area contributed by atoms with Gasteiger partial charge in [-0.15, -0.1) is 5.10 Å². The standard InChI is InChI=1S/C16H14N6O3/c1-23-10-6-5-9(8-12(10)24-2)13-18-15(17)22-16(19-13)20-14(21-22)11-4-3-7-25-11/h3-8H,1-2H3,(H2,17,18,19,20,21). The first-order chi connectivity index (χ1) is 12.2. The van der Waals surface area contributed by atoms with Crippen molar-refractivity contribution in [2.24, 2.45) is 0 Å². The van der Waals surface area contributed by atoms with Crippen molar-refractivity contribution >= 4 is 11.7 Å². The molecule has 9 heteroatoms. The van der Waals surface area contributed by atoms with Crippen LogP contribution in [0.15, 0.2) is 41.0 Å². The minimum atomic E-state index is 0.167. The van der Waals surface area contributed by atoms with E-state index in [-0.39, 0.29) is 5.95 Å². The van der Waals surface area contributed by atoms with Gasteiger partial charge in [0.15, 0.2) is 23.1 Å². The predicted molar refractivity (Wildman–Crippen MR) is 89.2 cm³/mol. The molecule has 3 heterocycles. The first kappa shape index (κ1) is 14.9. The number of ether oxygens (including phenoxy) is 2. The number of nitrogens with two attached hydrogens (primary N) is 1. The van der Waals surface area contributed by atoms with E-state index in [1.165, 1.54) is 4.52 Å². The molecule has 0 radical (unpaired) electrons. The zero-order valence-electron chi connectivity index (χ0n) is 13.5. The van der Waals surface area contributed by atoms with E-state index in [0.29, 0.717) is 34.7 Å². The summed E-state index contributed by atoms with van der Waals surface area (Å²) in [6.07, 6.45) is 1.55. The van der Waals surface area contributed by atoms with Crippen LogP contribution >= 0.6 is 0 Å². The van der Waals surface area contributed by atoms with Crippen LogP contribution in [0.25, 0.3) is 28.8 Å². The maximum Gasteiger partial charge on any atom is 0.258 e. The summed E-state index contributed by atoms with van der Waals surface area (Å²) in [5.74, 6) is 2.99. The van der Waals surface area contributed by atoms with Crippen molar-refractivity contribution in [3.8, 4) is 34.5 Å². The number of nitrogens with zero attached hydrogens (tertiary/aromatic N) is 5. The highest BCUT2D eigenvalue weighted by atomic mass is 16.5. The van der Waals surface area contributed by atoms with Gasteiger partial charge < -0.3 is 19.6 Å². The maximum absolute atomic E-state index is 6.01. The number of rotatable bonds is 4. The molecule has 9 nitrogen and oxygen atoms in total. The third kappa shape index (κ3) is 2.51. The van der Waals surface area contributed by atoms with Crippen molar-refractivity contribution in [3.63, 3.8) is 0 Å². The van der Waals surface area contributed by atoms with Crippen LogP contribution in [0.1, 0.15) is 0 Å². The van der Waals surface area contributed by atoms with Crippen LogP contribution < -0.4 is 15.2 Å². The minimum Gasteiger partial charge on any atom is -0.493 e. The average Bonchev–Trinajstić information content (AvgIpc) is 3.30. The first-order valence-electron chi connectivity index (χ1n) is 7.36. The second-order valence-electron chi connectivity index (χ2n) is 5.10. The number of furan rings is 1. The summed E-state index contributed by atoms with van der Waals surface area (Å²) >= 11 is 0. The molecule has 0 aliphatic rings. The van der Waals surface area contributed by atoms with Crippen molar-refractivity contribution < 1.29 is 13.9 Å². The summed E-state index contributed by atoms with van der Waals surface area (Å²) in [6, 6.07) is 8.87. The van der Waals surface area contributed by atoms with Crippen LogP contribution in [0.3, 0.4) is 0 Å². The number of nitrogen functional groups attached to an aromatic ring is 1. The number of anilines is 1. The van der Waals surface area contributed by atoms with E-state index in [1.807, 2.05) is 6.07 Å². The number of hydrogen-bond donors (Lipinski definition) is 1. The lowest BCUT2D eigenvalue weighted by Gasteiger charge is -2.09. The van der Waals surface area contributed by atoms with Gasteiger partial charge in [0.05, 0.1) is 20.5 Å². The van der Waals surface area contributed by atoms with E-state index in [4.69, 9.17) is 19.6 Å². The normalized spacial score (nSPS) is 11.0. The fourth-order valence-electron chi connectivity index (χ4n) is 2.42. The lowest BCUT2D eigenvalue weighted by atomic mass is 10.2. The number of aromatic nitrogens is 5. The van der Waals surface area contributed by atoms with E-state index in [1.54, 1.807) is 44.7 Å². The van der Waals surface area contributed by atoms with Gasteiger partial charge in [-0.3, -0.25) is 0 Å². The highest BCUT2D eigenvalue weighted by Gasteiger charge is 2.15. The Morgan fingerprint density at radius 2 is 1.80 bits per heavy atom. The Morgan fingerprint density at radius 3 is 2.52 bits per heavy atom. The quantitative estimate of drug-likeness (QED) is 0.601. The monoisotopic (exact) mass is 338 g/mol. The molecule has 0 saturated heterocycles. The zero-order valence-corrected chi connectivity index (χ0v) is 13.5. The van der Waals surface area contributed by atoms with Gasteiger partial charge in [0.2, 0.25) is 11.8 Å². The maximum atomic E-state index is 6.01. The number of fused-ring (bicyclic) bond motifs is 1. The summed E-state index contributed by atoms with van der Waals surface area (Å²) in [4.78, 5) is 13.1.